The maximum atomic E-state index is 14.2. The van der Waals surface area contributed by atoms with Crippen molar-refractivity contribution in [2.45, 2.75) is 45.3 Å². The number of anilines is 1. The Labute approximate surface area is 245 Å². The van der Waals surface area contributed by atoms with Gasteiger partial charge in [0.1, 0.15) is 18.3 Å². The number of nitrogens with one attached hydrogen (secondary N) is 1. The number of benzene rings is 3. The van der Waals surface area contributed by atoms with Gasteiger partial charge in [-0.15, -0.1) is 0 Å². The molecule has 0 saturated heterocycles. The van der Waals surface area contributed by atoms with Gasteiger partial charge in [-0.3, -0.25) is 13.9 Å². The summed E-state index contributed by atoms with van der Waals surface area (Å²) < 4.78 is 33.1. The lowest BCUT2D eigenvalue weighted by molar-refractivity contribution is -0.140. The fourth-order valence-corrected chi connectivity index (χ4v) is 5.57. The van der Waals surface area contributed by atoms with Gasteiger partial charge in [0.2, 0.25) is 21.8 Å². The van der Waals surface area contributed by atoms with Gasteiger partial charge in [0.15, 0.2) is 0 Å². The van der Waals surface area contributed by atoms with Gasteiger partial charge in [0.05, 0.1) is 19.1 Å². The van der Waals surface area contributed by atoms with Crippen molar-refractivity contribution < 1.29 is 22.7 Å². The number of rotatable bonds is 11. The second-order valence-electron chi connectivity index (χ2n) is 10.5. The molecule has 0 aromatic heterocycles. The molecule has 0 saturated carbocycles. The Balaban J connectivity index is 2.10. The fraction of sp³-hybridized carbons (Fsp3) is 0.333. The summed E-state index contributed by atoms with van der Waals surface area (Å²) in [6.07, 6.45) is 1.29. The van der Waals surface area contributed by atoms with Crippen LogP contribution in [0.1, 0.15) is 31.9 Å². The summed E-state index contributed by atoms with van der Waals surface area (Å²) in [5.41, 5.74) is 1.34. The summed E-state index contributed by atoms with van der Waals surface area (Å²) in [7, 11) is -2.46. The number of halogens is 1. The number of hydrogen-bond donors (Lipinski definition) is 1. The molecule has 214 valence electrons. The highest BCUT2D eigenvalue weighted by Crippen LogP contribution is 2.30. The zero-order valence-corrected chi connectivity index (χ0v) is 25.8. The van der Waals surface area contributed by atoms with Crippen molar-refractivity contribution in [3.05, 3.63) is 94.5 Å². The monoisotopic (exact) mass is 629 g/mol. The van der Waals surface area contributed by atoms with Crippen LogP contribution in [0.3, 0.4) is 0 Å². The van der Waals surface area contributed by atoms with E-state index in [1.807, 2.05) is 75.4 Å². The number of ether oxygens (including phenoxy) is 1. The third kappa shape index (κ3) is 8.82. The Morgan fingerprint density at radius 3 is 2.17 bits per heavy atom. The third-order valence-electron chi connectivity index (χ3n) is 6.04. The molecule has 0 spiro atoms. The first-order chi connectivity index (χ1) is 18.8. The highest BCUT2D eigenvalue weighted by molar-refractivity contribution is 9.10. The molecular formula is C30H36BrN3O5S. The predicted molar refractivity (Wildman–Crippen MR) is 162 cm³/mol. The minimum absolute atomic E-state index is 0.0941. The van der Waals surface area contributed by atoms with E-state index >= 15 is 0 Å². The minimum Gasteiger partial charge on any atom is -0.495 e. The lowest BCUT2D eigenvalue weighted by Gasteiger charge is -2.35. The third-order valence-corrected chi connectivity index (χ3v) is 7.66. The van der Waals surface area contributed by atoms with Crippen LogP contribution in [0, 0.1) is 0 Å². The van der Waals surface area contributed by atoms with E-state index < -0.39 is 34.1 Å². The van der Waals surface area contributed by atoms with E-state index in [0.717, 1.165) is 26.2 Å². The van der Waals surface area contributed by atoms with E-state index in [0.29, 0.717) is 5.75 Å². The van der Waals surface area contributed by atoms with Gasteiger partial charge < -0.3 is 15.0 Å². The highest BCUT2D eigenvalue weighted by Gasteiger charge is 2.34. The number of methoxy groups -OCH3 is 1. The normalized spacial score (nSPS) is 12.3. The first-order valence-corrected chi connectivity index (χ1v) is 15.4. The molecule has 0 fully saturated rings. The largest absolute Gasteiger partial charge is 0.495 e. The van der Waals surface area contributed by atoms with Crippen LogP contribution < -0.4 is 14.4 Å². The number of carbonyl (C=O) groups excluding carboxylic acids is 2. The van der Waals surface area contributed by atoms with Crippen LogP contribution in [-0.4, -0.2) is 56.6 Å². The molecule has 10 heteroatoms. The smallest absolute Gasteiger partial charge is 0.244 e. The van der Waals surface area contributed by atoms with Crippen LogP contribution >= 0.6 is 15.9 Å². The van der Waals surface area contributed by atoms with Crippen LogP contribution in [0.15, 0.2) is 83.3 Å². The van der Waals surface area contributed by atoms with Gasteiger partial charge in [-0.1, -0.05) is 70.5 Å². The molecule has 0 aliphatic carbocycles. The zero-order valence-electron chi connectivity index (χ0n) is 23.4. The van der Waals surface area contributed by atoms with Gasteiger partial charge in [0.25, 0.3) is 0 Å². The SMILES string of the molecule is COc1ccccc1N(CC(=O)N(Cc1cccc(Br)c1)[C@@H](Cc1ccccc1)C(=O)NC(C)(C)C)S(C)(=O)=O. The molecule has 0 bridgehead atoms. The molecule has 0 unspecified atom stereocenters. The standard InChI is InChI=1S/C30H36BrN3O5S/c1-30(2,3)32-29(36)26(19-22-12-7-6-8-13-22)33(20-23-14-11-15-24(31)18-23)28(35)21-34(40(5,37)38)25-16-9-10-17-27(25)39-4/h6-18,26H,19-21H2,1-5H3,(H,32,36)/t26-/m0/s1. The molecule has 1 N–H and O–H groups in total. The van der Waals surface area contributed by atoms with Crippen molar-refractivity contribution in [3.63, 3.8) is 0 Å². The molecule has 0 aliphatic heterocycles. The quantitative estimate of drug-likeness (QED) is 0.329. The van der Waals surface area contributed by atoms with Crippen molar-refractivity contribution in [1.82, 2.24) is 10.2 Å². The van der Waals surface area contributed by atoms with Crippen LogP contribution in [0.5, 0.6) is 5.75 Å². The van der Waals surface area contributed by atoms with E-state index in [2.05, 4.69) is 21.2 Å². The summed E-state index contributed by atoms with van der Waals surface area (Å²) in [6.45, 7) is 5.20. The zero-order chi connectivity index (χ0) is 29.5. The topological polar surface area (TPSA) is 96.0 Å². The number of carbonyl (C=O) groups is 2. The van der Waals surface area contributed by atoms with Gasteiger partial charge in [-0.2, -0.15) is 0 Å². The first kappa shape index (κ1) is 31.2. The summed E-state index contributed by atoms with van der Waals surface area (Å²) in [5.74, 6) is -0.547. The van der Waals surface area contributed by atoms with E-state index in [-0.39, 0.29) is 24.6 Å². The molecule has 3 aromatic rings. The van der Waals surface area contributed by atoms with Crippen LogP contribution in [-0.2, 0) is 32.6 Å². The Hall–Kier alpha value is -3.37. The average molecular weight is 631 g/mol. The van der Waals surface area contributed by atoms with E-state index in [1.165, 1.54) is 12.0 Å². The second kappa shape index (κ2) is 13.3. The molecule has 40 heavy (non-hydrogen) atoms. The Morgan fingerprint density at radius 1 is 0.950 bits per heavy atom. The van der Waals surface area contributed by atoms with Crippen LogP contribution in [0.4, 0.5) is 5.69 Å². The molecule has 3 rings (SSSR count). The maximum Gasteiger partial charge on any atom is 0.244 e. The molecule has 2 amide bonds. The molecule has 0 aliphatic rings. The lowest BCUT2D eigenvalue weighted by atomic mass is 10.0. The van der Waals surface area contributed by atoms with Gasteiger partial charge in [-0.05, 0) is 56.2 Å². The predicted octanol–water partition coefficient (Wildman–Crippen LogP) is 4.78. The molecule has 1 atom stereocenters. The Kier molecular flexibility index (Phi) is 10.4. The Bertz CT molecular complexity index is 1420. The van der Waals surface area contributed by atoms with Crippen LogP contribution in [0.25, 0.3) is 0 Å². The maximum absolute atomic E-state index is 14.2. The summed E-state index contributed by atoms with van der Waals surface area (Å²) >= 11 is 3.48. The summed E-state index contributed by atoms with van der Waals surface area (Å²) in [5, 5.41) is 3.01. The number of amides is 2. The van der Waals surface area contributed by atoms with Gasteiger partial charge in [0, 0.05) is 23.0 Å². The lowest BCUT2D eigenvalue weighted by Crippen LogP contribution is -2.56. The van der Waals surface area contributed by atoms with Gasteiger partial charge >= 0.3 is 0 Å². The van der Waals surface area contributed by atoms with Crippen molar-refractivity contribution in [2.75, 3.05) is 24.2 Å². The van der Waals surface area contributed by atoms with E-state index in [4.69, 9.17) is 4.74 Å². The second-order valence-corrected chi connectivity index (χ2v) is 13.4. The van der Waals surface area contributed by atoms with Crippen molar-refractivity contribution in [3.8, 4) is 5.75 Å². The number of hydrogen-bond acceptors (Lipinski definition) is 5. The number of sulfonamides is 1. The summed E-state index contributed by atoms with van der Waals surface area (Å²) in [4.78, 5) is 29.4. The van der Waals surface area contributed by atoms with E-state index in [1.54, 1.807) is 24.3 Å². The fourth-order valence-electron chi connectivity index (χ4n) is 4.27. The number of nitrogens with zero attached hydrogens (tertiary/aromatic N) is 2. The number of para-hydroxylation sites is 2. The minimum atomic E-state index is -3.89. The molecule has 0 heterocycles. The van der Waals surface area contributed by atoms with E-state index in [9.17, 15) is 18.0 Å². The van der Waals surface area contributed by atoms with Crippen molar-refractivity contribution >= 4 is 43.5 Å². The highest BCUT2D eigenvalue weighted by atomic mass is 79.9. The van der Waals surface area contributed by atoms with Crippen LogP contribution in [0.2, 0.25) is 0 Å². The van der Waals surface area contributed by atoms with Crippen molar-refractivity contribution in [1.29, 1.82) is 0 Å². The molecule has 0 radical (unpaired) electrons. The molecule has 3 aromatic carbocycles. The average Bonchev–Trinajstić information content (AvgIpc) is 2.88. The molecule has 8 nitrogen and oxygen atoms in total. The molecular weight excluding hydrogens is 594 g/mol. The van der Waals surface area contributed by atoms with Gasteiger partial charge in [-0.25, -0.2) is 8.42 Å². The summed E-state index contributed by atoms with van der Waals surface area (Å²) in [6, 6.07) is 22.6. The first-order valence-electron chi connectivity index (χ1n) is 12.8. The Morgan fingerprint density at radius 2 is 1.57 bits per heavy atom. The van der Waals surface area contributed by atoms with Crippen molar-refractivity contribution in [2.24, 2.45) is 0 Å².